The fraction of sp³-hybridized carbons (Fsp3) is 0. The number of fused-ring (bicyclic) bond motifs is 5. The van der Waals surface area contributed by atoms with Crippen LogP contribution in [0.15, 0.2) is 59.8 Å². The van der Waals surface area contributed by atoms with Gasteiger partial charge in [0.25, 0.3) is 10.0 Å². The van der Waals surface area contributed by atoms with Gasteiger partial charge in [0.05, 0.1) is 16.8 Å². The van der Waals surface area contributed by atoms with Crippen molar-refractivity contribution in [1.82, 2.24) is 14.9 Å². The zero-order chi connectivity index (χ0) is 20.6. The smallest absolute Gasteiger partial charge is 0.275 e. The third kappa shape index (κ3) is 2.18. The highest BCUT2D eigenvalue weighted by Crippen LogP contribution is 2.36. The Hall–Kier alpha value is -3.82. The van der Waals surface area contributed by atoms with Crippen molar-refractivity contribution in [3.8, 4) is 16.9 Å². The molecule has 3 heterocycles. The Balaban J connectivity index is 1.53. The summed E-state index contributed by atoms with van der Waals surface area (Å²) in [7, 11) is -3.70. The van der Waals surface area contributed by atoms with E-state index in [-0.39, 0.29) is 33.5 Å². The first-order chi connectivity index (χ1) is 14.4. The van der Waals surface area contributed by atoms with E-state index in [9.17, 15) is 18.0 Å². The van der Waals surface area contributed by atoms with Gasteiger partial charge in [0.2, 0.25) is 5.78 Å². The molecular formula is C21H11N3O5S. The summed E-state index contributed by atoms with van der Waals surface area (Å²) in [6, 6.07) is 11.7. The van der Waals surface area contributed by atoms with E-state index in [0.717, 1.165) is 5.56 Å². The molecule has 2 aromatic carbocycles. The number of benzene rings is 2. The Morgan fingerprint density at radius 3 is 2.57 bits per heavy atom. The number of carbonyl (C=O) groups excluding carboxylic acids is 2. The quantitative estimate of drug-likeness (QED) is 0.433. The van der Waals surface area contributed by atoms with Crippen molar-refractivity contribution in [3.63, 3.8) is 0 Å². The Bertz CT molecular complexity index is 1550. The van der Waals surface area contributed by atoms with Crippen LogP contribution in [0.1, 0.15) is 32.0 Å². The van der Waals surface area contributed by atoms with Crippen LogP contribution >= 0.6 is 0 Å². The molecule has 0 saturated heterocycles. The van der Waals surface area contributed by atoms with Crippen molar-refractivity contribution in [2.24, 2.45) is 0 Å². The standard InChI is InChI=1S/C21H11N3O5S/c25-20-14-9-22-6-5-12(14)21(26)19-18(20)13-3-1-10(7-15(13)23-19)11-2-4-16-17(8-11)30(27,28)24-29-16/h1-9,23-24H. The van der Waals surface area contributed by atoms with Crippen LogP contribution in [0.4, 0.5) is 0 Å². The van der Waals surface area contributed by atoms with Gasteiger partial charge in [-0.25, -0.2) is 8.42 Å². The second-order valence-corrected chi connectivity index (χ2v) is 8.68. The molecule has 1 aliphatic heterocycles. The molecule has 0 saturated carbocycles. The largest absolute Gasteiger partial charge is 0.392 e. The van der Waals surface area contributed by atoms with Crippen molar-refractivity contribution in [3.05, 3.63) is 77.2 Å². The molecular weight excluding hydrogens is 406 g/mol. The molecule has 2 aromatic heterocycles. The second-order valence-electron chi connectivity index (χ2n) is 7.07. The number of rotatable bonds is 1. The fourth-order valence-corrected chi connectivity index (χ4v) is 4.90. The number of nitrogens with zero attached hydrogens (tertiary/aromatic N) is 1. The lowest BCUT2D eigenvalue weighted by Gasteiger charge is -2.13. The number of aromatic nitrogens is 2. The van der Waals surface area contributed by atoms with Gasteiger partial charge in [-0.3, -0.25) is 14.6 Å². The average molecular weight is 417 g/mol. The van der Waals surface area contributed by atoms with Crippen LogP contribution in [0.3, 0.4) is 0 Å². The van der Waals surface area contributed by atoms with Gasteiger partial charge in [0.1, 0.15) is 4.90 Å². The zero-order valence-electron chi connectivity index (χ0n) is 15.1. The number of sulfonamides is 1. The Kier molecular flexibility index (Phi) is 3.20. The lowest BCUT2D eigenvalue weighted by molar-refractivity contribution is 0.0977. The summed E-state index contributed by atoms with van der Waals surface area (Å²) < 4.78 is 24.1. The van der Waals surface area contributed by atoms with Gasteiger partial charge in [-0.2, -0.15) is 0 Å². The number of H-pyrrole nitrogens is 1. The van der Waals surface area contributed by atoms with E-state index in [1.807, 2.05) is 4.89 Å². The first-order valence-electron chi connectivity index (χ1n) is 8.96. The summed E-state index contributed by atoms with van der Waals surface area (Å²) in [5, 5.41) is 0.625. The Labute approximate surface area is 169 Å². The summed E-state index contributed by atoms with van der Waals surface area (Å²) in [5.41, 5.74) is 3.19. The molecule has 0 radical (unpaired) electrons. The van der Waals surface area contributed by atoms with Crippen LogP contribution in [0, 0.1) is 0 Å². The summed E-state index contributed by atoms with van der Waals surface area (Å²) in [6.45, 7) is 0. The molecule has 2 aliphatic rings. The molecule has 0 atom stereocenters. The van der Waals surface area contributed by atoms with E-state index in [4.69, 9.17) is 4.84 Å². The molecule has 0 amide bonds. The van der Waals surface area contributed by atoms with E-state index in [1.165, 1.54) is 24.5 Å². The minimum atomic E-state index is -3.70. The molecule has 4 aromatic rings. The number of nitrogens with one attached hydrogen (secondary N) is 2. The van der Waals surface area contributed by atoms with Crippen molar-refractivity contribution in [1.29, 1.82) is 0 Å². The highest BCUT2D eigenvalue weighted by molar-refractivity contribution is 7.89. The summed E-state index contributed by atoms with van der Waals surface area (Å²) in [5.74, 6) is -0.275. The predicted molar refractivity (Wildman–Crippen MR) is 106 cm³/mol. The molecule has 30 heavy (non-hydrogen) atoms. The first-order valence-corrected chi connectivity index (χ1v) is 10.4. The highest BCUT2D eigenvalue weighted by Gasteiger charge is 2.33. The lowest BCUT2D eigenvalue weighted by atomic mass is 9.88. The van der Waals surface area contributed by atoms with Crippen LogP contribution in [-0.4, -0.2) is 30.0 Å². The molecule has 6 rings (SSSR count). The fourth-order valence-electron chi connectivity index (χ4n) is 3.95. The third-order valence-electron chi connectivity index (χ3n) is 5.39. The van der Waals surface area contributed by atoms with Crippen molar-refractivity contribution in [2.75, 3.05) is 0 Å². The number of pyridine rings is 1. The number of hydrogen-bond acceptors (Lipinski definition) is 6. The van der Waals surface area contributed by atoms with E-state index in [2.05, 4.69) is 9.97 Å². The van der Waals surface area contributed by atoms with Gasteiger partial charge in [-0.05, 0) is 40.3 Å². The van der Waals surface area contributed by atoms with E-state index in [0.29, 0.717) is 27.6 Å². The van der Waals surface area contributed by atoms with Crippen LogP contribution < -0.4 is 9.72 Å². The number of hydrogen-bond donors (Lipinski definition) is 2. The zero-order valence-corrected chi connectivity index (χ0v) is 15.9. The molecule has 0 fully saturated rings. The molecule has 0 bridgehead atoms. The van der Waals surface area contributed by atoms with Crippen LogP contribution in [0.2, 0.25) is 0 Å². The van der Waals surface area contributed by atoms with Gasteiger partial charge >= 0.3 is 0 Å². The summed E-state index contributed by atoms with van der Waals surface area (Å²) in [4.78, 5) is 39.9. The minimum absolute atomic E-state index is 0.0548. The van der Waals surface area contributed by atoms with Crippen molar-refractivity contribution < 1.29 is 22.8 Å². The van der Waals surface area contributed by atoms with Crippen molar-refractivity contribution >= 4 is 32.5 Å². The number of carbonyl (C=O) groups is 2. The Morgan fingerprint density at radius 1 is 0.900 bits per heavy atom. The van der Waals surface area contributed by atoms with E-state index >= 15 is 0 Å². The maximum absolute atomic E-state index is 13.0. The Morgan fingerprint density at radius 2 is 1.70 bits per heavy atom. The predicted octanol–water partition coefficient (Wildman–Crippen LogP) is 2.59. The molecule has 0 unspecified atom stereocenters. The van der Waals surface area contributed by atoms with E-state index in [1.54, 1.807) is 30.3 Å². The third-order valence-corrected chi connectivity index (χ3v) is 6.59. The van der Waals surface area contributed by atoms with Gasteiger partial charge in [-0.1, -0.05) is 18.2 Å². The van der Waals surface area contributed by atoms with Gasteiger partial charge in [0, 0.05) is 28.9 Å². The lowest BCUT2D eigenvalue weighted by Crippen LogP contribution is -2.20. The van der Waals surface area contributed by atoms with Gasteiger partial charge in [-0.15, -0.1) is 0 Å². The molecule has 0 spiro atoms. The maximum atomic E-state index is 13.0. The number of aromatic amines is 1. The molecule has 146 valence electrons. The minimum Gasteiger partial charge on any atom is -0.392 e. The molecule has 2 N–H and O–H groups in total. The maximum Gasteiger partial charge on any atom is 0.275 e. The van der Waals surface area contributed by atoms with Crippen LogP contribution in [0.25, 0.3) is 22.0 Å². The summed E-state index contributed by atoms with van der Waals surface area (Å²) in [6.07, 6.45) is 2.89. The monoisotopic (exact) mass is 417 g/mol. The van der Waals surface area contributed by atoms with E-state index < -0.39 is 10.0 Å². The molecule has 8 nitrogen and oxygen atoms in total. The van der Waals surface area contributed by atoms with Gasteiger partial charge in [0.15, 0.2) is 11.5 Å². The van der Waals surface area contributed by atoms with Crippen LogP contribution in [-0.2, 0) is 10.0 Å². The van der Waals surface area contributed by atoms with Gasteiger partial charge < -0.3 is 9.82 Å². The molecule has 1 aliphatic carbocycles. The number of ketones is 2. The second kappa shape index (κ2) is 5.62. The highest BCUT2D eigenvalue weighted by atomic mass is 32.2. The van der Waals surface area contributed by atoms with Crippen molar-refractivity contribution in [2.45, 2.75) is 4.90 Å². The first kappa shape index (κ1) is 17.1. The molecule has 9 heteroatoms. The summed E-state index contributed by atoms with van der Waals surface area (Å²) >= 11 is 0. The SMILES string of the molecule is O=C1c2ccncc2C(=O)c2c1[nH]c1cc(-c3ccc4c(c3)S(=O)(=O)NO4)ccc21. The average Bonchev–Trinajstić information content (AvgIpc) is 3.29. The normalized spacial score (nSPS) is 16.1. The topological polar surface area (TPSA) is 118 Å². The van der Waals surface area contributed by atoms with Crippen LogP contribution in [0.5, 0.6) is 5.75 Å².